The van der Waals surface area contributed by atoms with Gasteiger partial charge in [-0.25, -0.2) is 0 Å². The zero-order valence-corrected chi connectivity index (χ0v) is 13.9. The third-order valence-electron chi connectivity index (χ3n) is 5.45. The predicted octanol–water partition coefficient (Wildman–Crippen LogP) is 2.62. The number of carbonyl (C=O) groups excluding carboxylic acids is 1. The Morgan fingerprint density at radius 2 is 2.05 bits per heavy atom. The van der Waals surface area contributed by atoms with E-state index in [4.69, 9.17) is 4.74 Å². The molecule has 0 aromatic carbocycles. The molecule has 2 N–H and O–H groups in total. The molecule has 1 amide bonds. The number of nitrogens with one attached hydrogen (secondary N) is 2. The van der Waals surface area contributed by atoms with Crippen molar-refractivity contribution >= 4 is 5.91 Å². The summed E-state index contributed by atoms with van der Waals surface area (Å²) in [5.41, 5.74) is 0.364. The lowest BCUT2D eigenvalue weighted by Gasteiger charge is -2.54. The van der Waals surface area contributed by atoms with Gasteiger partial charge in [0.1, 0.15) is 0 Å². The summed E-state index contributed by atoms with van der Waals surface area (Å²) in [7, 11) is 0. The van der Waals surface area contributed by atoms with Crippen molar-refractivity contribution in [2.75, 3.05) is 13.2 Å². The molecule has 2 aliphatic carbocycles. The van der Waals surface area contributed by atoms with Crippen molar-refractivity contribution in [3.8, 4) is 0 Å². The quantitative estimate of drug-likeness (QED) is 0.724. The monoisotopic (exact) mass is 296 g/mol. The van der Waals surface area contributed by atoms with E-state index in [-0.39, 0.29) is 11.9 Å². The molecular formula is C17H32N2O2. The summed E-state index contributed by atoms with van der Waals surface area (Å²) in [6.07, 6.45) is 8.35. The summed E-state index contributed by atoms with van der Waals surface area (Å²) >= 11 is 0. The number of ether oxygens (including phenoxy) is 1. The molecule has 3 atom stereocenters. The fourth-order valence-corrected chi connectivity index (χ4v) is 3.98. The second-order valence-electron chi connectivity index (χ2n) is 6.75. The van der Waals surface area contributed by atoms with Gasteiger partial charge in [0.25, 0.3) is 0 Å². The van der Waals surface area contributed by atoms with E-state index in [1.165, 1.54) is 25.7 Å². The van der Waals surface area contributed by atoms with Crippen molar-refractivity contribution < 1.29 is 9.53 Å². The molecule has 0 heterocycles. The second-order valence-corrected chi connectivity index (χ2v) is 6.75. The molecular weight excluding hydrogens is 264 g/mol. The van der Waals surface area contributed by atoms with E-state index in [1.54, 1.807) is 0 Å². The van der Waals surface area contributed by atoms with Crippen LogP contribution >= 0.6 is 0 Å². The second kappa shape index (κ2) is 7.59. The fourth-order valence-electron chi connectivity index (χ4n) is 3.98. The first-order valence-electron chi connectivity index (χ1n) is 8.76. The topological polar surface area (TPSA) is 50.4 Å². The van der Waals surface area contributed by atoms with Crippen LogP contribution in [0.15, 0.2) is 0 Å². The van der Waals surface area contributed by atoms with E-state index >= 15 is 0 Å². The highest BCUT2D eigenvalue weighted by Gasteiger charge is 2.56. The molecule has 3 unspecified atom stereocenters. The first-order chi connectivity index (χ1) is 10.1. The van der Waals surface area contributed by atoms with Crippen LogP contribution in [-0.2, 0) is 9.53 Å². The lowest BCUT2D eigenvalue weighted by Crippen LogP contribution is -2.63. The van der Waals surface area contributed by atoms with E-state index in [0.29, 0.717) is 24.0 Å². The maximum Gasteiger partial charge on any atom is 0.221 e. The van der Waals surface area contributed by atoms with Gasteiger partial charge in [0.2, 0.25) is 5.91 Å². The Morgan fingerprint density at radius 1 is 1.33 bits per heavy atom. The number of carbonyl (C=O) groups is 1. The van der Waals surface area contributed by atoms with E-state index in [9.17, 15) is 4.79 Å². The van der Waals surface area contributed by atoms with Gasteiger partial charge in [-0.3, -0.25) is 4.79 Å². The lowest BCUT2D eigenvalue weighted by atomic mass is 9.60. The Morgan fingerprint density at radius 3 is 2.67 bits per heavy atom. The van der Waals surface area contributed by atoms with Gasteiger partial charge in [0, 0.05) is 37.1 Å². The van der Waals surface area contributed by atoms with E-state index in [2.05, 4.69) is 31.4 Å². The molecule has 0 saturated heterocycles. The Hall–Kier alpha value is -0.610. The third-order valence-corrected chi connectivity index (χ3v) is 5.45. The van der Waals surface area contributed by atoms with Crippen LogP contribution in [0.5, 0.6) is 0 Å². The van der Waals surface area contributed by atoms with Crippen LogP contribution in [0.3, 0.4) is 0 Å². The molecule has 2 fully saturated rings. The van der Waals surface area contributed by atoms with Crippen molar-refractivity contribution in [2.45, 2.75) is 83.9 Å². The van der Waals surface area contributed by atoms with Gasteiger partial charge in [-0.1, -0.05) is 19.8 Å². The number of rotatable bonds is 8. The van der Waals surface area contributed by atoms with Crippen LogP contribution in [0.2, 0.25) is 0 Å². The van der Waals surface area contributed by atoms with Gasteiger partial charge in [0.15, 0.2) is 0 Å². The van der Waals surface area contributed by atoms with E-state index in [0.717, 1.165) is 26.0 Å². The molecule has 2 aliphatic rings. The lowest BCUT2D eigenvalue weighted by molar-refractivity contribution is -0.131. The van der Waals surface area contributed by atoms with Gasteiger partial charge < -0.3 is 15.4 Å². The third kappa shape index (κ3) is 3.78. The molecule has 0 bridgehead atoms. The van der Waals surface area contributed by atoms with Crippen molar-refractivity contribution in [3.63, 3.8) is 0 Å². The Balaban J connectivity index is 1.72. The average molecular weight is 296 g/mol. The Labute approximate surface area is 129 Å². The maximum absolute atomic E-state index is 11.8. The smallest absolute Gasteiger partial charge is 0.221 e. The van der Waals surface area contributed by atoms with Crippen molar-refractivity contribution in [3.05, 3.63) is 0 Å². The summed E-state index contributed by atoms with van der Waals surface area (Å²) in [6, 6.07) is 0.831. The minimum Gasteiger partial charge on any atom is -0.378 e. The molecule has 2 rings (SSSR count). The van der Waals surface area contributed by atoms with Crippen LogP contribution in [0.25, 0.3) is 0 Å². The van der Waals surface area contributed by atoms with Gasteiger partial charge in [-0.2, -0.15) is 0 Å². The fraction of sp³-hybridized carbons (Fsp3) is 0.941. The summed E-state index contributed by atoms with van der Waals surface area (Å²) in [6.45, 7) is 7.83. The van der Waals surface area contributed by atoms with Gasteiger partial charge >= 0.3 is 0 Å². The van der Waals surface area contributed by atoms with Crippen LogP contribution in [0.1, 0.15) is 65.7 Å². The Kier molecular flexibility index (Phi) is 6.06. The van der Waals surface area contributed by atoms with Gasteiger partial charge in [0.05, 0.1) is 6.10 Å². The molecule has 2 saturated carbocycles. The summed E-state index contributed by atoms with van der Waals surface area (Å²) < 4.78 is 5.92. The average Bonchev–Trinajstić information content (AvgIpc) is 2.97. The first-order valence-corrected chi connectivity index (χ1v) is 8.76. The normalized spacial score (nSPS) is 28.3. The van der Waals surface area contributed by atoms with Crippen LogP contribution in [-0.4, -0.2) is 37.2 Å². The van der Waals surface area contributed by atoms with Crippen molar-refractivity contribution in [1.29, 1.82) is 0 Å². The van der Waals surface area contributed by atoms with Crippen LogP contribution < -0.4 is 10.6 Å². The van der Waals surface area contributed by atoms with Crippen LogP contribution in [0, 0.1) is 5.41 Å². The molecule has 1 spiro atoms. The molecule has 122 valence electrons. The molecule has 4 nitrogen and oxygen atoms in total. The minimum atomic E-state index is 0.165. The van der Waals surface area contributed by atoms with E-state index in [1.807, 2.05) is 0 Å². The molecule has 0 aliphatic heterocycles. The van der Waals surface area contributed by atoms with Gasteiger partial charge in [-0.15, -0.1) is 0 Å². The highest BCUT2D eigenvalue weighted by Crippen LogP contribution is 2.54. The summed E-state index contributed by atoms with van der Waals surface area (Å²) in [4.78, 5) is 11.8. The molecule has 4 heteroatoms. The van der Waals surface area contributed by atoms with E-state index < -0.39 is 0 Å². The summed E-state index contributed by atoms with van der Waals surface area (Å²) in [5, 5.41) is 6.65. The van der Waals surface area contributed by atoms with Gasteiger partial charge in [-0.05, 0) is 39.5 Å². The zero-order valence-electron chi connectivity index (χ0n) is 13.9. The number of hydrogen-bond acceptors (Lipinski definition) is 3. The molecule has 0 radical (unpaired) electrons. The maximum atomic E-state index is 11.8. The number of hydrogen-bond donors (Lipinski definition) is 2. The highest BCUT2D eigenvalue weighted by atomic mass is 16.5. The summed E-state index contributed by atoms with van der Waals surface area (Å²) in [5.74, 6) is 0.165. The molecule has 21 heavy (non-hydrogen) atoms. The predicted molar refractivity (Wildman–Crippen MR) is 85.2 cm³/mol. The number of amides is 1. The highest BCUT2D eigenvalue weighted by molar-refractivity contribution is 5.76. The Bertz CT molecular complexity index is 340. The minimum absolute atomic E-state index is 0.165. The first kappa shape index (κ1) is 16.8. The molecule has 0 aromatic heterocycles. The van der Waals surface area contributed by atoms with Crippen LogP contribution in [0.4, 0.5) is 0 Å². The van der Waals surface area contributed by atoms with Crippen molar-refractivity contribution in [1.82, 2.24) is 10.6 Å². The van der Waals surface area contributed by atoms with Crippen molar-refractivity contribution in [2.24, 2.45) is 5.41 Å². The standard InChI is InChI=1S/C17H32N2O2/c1-4-13(3)19-16(20)8-11-18-14-12-15(21-5-2)17(14)9-6-7-10-17/h13-15,18H,4-12H2,1-3H3,(H,19,20). The largest absolute Gasteiger partial charge is 0.378 e. The SMILES string of the molecule is CCOC1CC(NCCC(=O)NC(C)CC)C12CCCC2. The molecule has 0 aromatic rings. The zero-order chi connectivity index (χ0) is 15.3.